The van der Waals surface area contributed by atoms with E-state index in [2.05, 4.69) is 9.47 Å². The van der Waals surface area contributed by atoms with E-state index < -0.39 is 24.1 Å². The number of carbonyl (C=O) groups is 3. The summed E-state index contributed by atoms with van der Waals surface area (Å²) < 4.78 is 8.92. The fraction of sp³-hybridized carbons (Fsp3) is 0.727. The molecule has 104 valence electrons. The van der Waals surface area contributed by atoms with Crippen LogP contribution in [0, 0.1) is 0 Å². The number of methoxy groups -OCH3 is 1. The highest BCUT2D eigenvalue weighted by atomic mass is 16.6. The SMILES string of the molecule is COC(=O)C(OC(=O)N(C(C)C)C(C)C)C(=O)O. The standard InChI is InChI=1S/C11H19NO6/c1-6(2)12(7(3)4)11(16)18-8(9(13)14)10(15)17-5/h6-8H,1-5H3,(H,13,14). The van der Waals surface area contributed by atoms with E-state index >= 15 is 0 Å². The third kappa shape index (κ3) is 4.23. The van der Waals surface area contributed by atoms with Gasteiger partial charge >= 0.3 is 18.0 Å². The Labute approximate surface area is 106 Å². The van der Waals surface area contributed by atoms with Gasteiger partial charge in [-0.1, -0.05) is 0 Å². The number of carbonyl (C=O) groups excluding carboxylic acids is 2. The van der Waals surface area contributed by atoms with E-state index in [1.54, 1.807) is 27.7 Å². The predicted molar refractivity (Wildman–Crippen MR) is 62.0 cm³/mol. The third-order valence-corrected chi connectivity index (χ3v) is 2.18. The molecule has 1 unspecified atom stereocenters. The van der Waals surface area contributed by atoms with Gasteiger partial charge in [-0.25, -0.2) is 14.4 Å². The van der Waals surface area contributed by atoms with Crippen LogP contribution >= 0.6 is 0 Å². The number of nitrogens with zero attached hydrogens (tertiary/aromatic N) is 1. The minimum Gasteiger partial charge on any atom is -0.478 e. The number of amides is 1. The molecule has 1 atom stereocenters. The number of carboxylic acid groups (broad SMARTS) is 1. The molecule has 0 aromatic heterocycles. The topological polar surface area (TPSA) is 93.1 Å². The normalized spacial score (nSPS) is 12.2. The summed E-state index contributed by atoms with van der Waals surface area (Å²) in [5.41, 5.74) is 0. The molecule has 7 nitrogen and oxygen atoms in total. The molecule has 0 spiro atoms. The summed E-state index contributed by atoms with van der Waals surface area (Å²) in [5.74, 6) is -2.69. The Bertz CT molecular complexity index is 317. The van der Waals surface area contributed by atoms with Crippen molar-refractivity contribution in [3.8, 4) is 0 Å². The molecule has 0 aliphatic rings. The lowest BCUT2D eigenvalue weighted by molar-refractivity contribution is -0.164. The number of hydrogen-bond acceptors (Lipinski definition) is 5. The first-order valence-corrected chi connectivity index (χ1v) is 5.51. The van der Waals surface area contributed by atoms with Crippen LogP contribution in [0.5, 0.6) is 0 Å². The van der Waals surface area contributed by atoms with Crippen LogP contribution in [0.1, 0.15) is 27.7 Å². The molecule has 0 aliphatic carbocycles. The number of hydrogen-bond donors (Lipinski definition) is 1. The highest BCUT2D eigenvalue weighted by molar-refractivity contribution is 5.98. The van der Waals surface area contributed by atoms with Gasteiger partial charge in [0.25, 0.3) is 6.10 Å². The van der Waals surface area contributed by atoms with Gasteiger partial charge in [-0.2, -0.15) is 0 Å². The Kier molecular flexibility index (Phi) is 6.15. The van der Waals surface area contributed by atoms with Crippen LogP contribution < -0.4 is 0 Å². The quantitative estimate of drug-likeness (QED) is 0.583. The van der Waals surface area contributed by atoms with Gasteiger partial charge in [0.05, 0.1) is 7.11 Å². The molecule has 7 heteroatoms. The first-order chi connectivity index (χ1) is 8.22. The van der Waals surface area contributed by atoms with Crippen molar-refractivity contribution in [1.82, 2.24) is 4.90 Å². The molecule has 0 bridgehead atoms. The lowest BCUT2D eigenvalue weighted by atomic mass is 10.2. The van der Waals surface area contributed by atoms with E-state index in [-0.39, 0.29) is 12.1 Å². The number of aliphatic carboxylic acids is 1. The Morgan fingerprint density at radius 3 is 1.78 bits per heavy atom. The van der Waals surface area contributed by atoms with Crippen molar-refractivity contribution >= 4 is 18.0 Å². The third-order valence-electron chi connectivity index (χ3n) is 2.18. The molecule has 1 amide bonds. The summed E-state index contributed by atoms with van der Waals surface area (Å²) in [5, 5.41) is 8.79. The van der Waals surface area contributed by atoms with Crippen LogP contribution in [-0.2, 0) is 19.1 Å². The average molecular weight is 261 g/mol. The fourth-order valence-corrected chi connectivity index (χ4v) is 1.49. The summed E-state index contributed by atoms with van der Waals surface area (Å²) in [4.78, 5) is 35.1. The number of rotatable bonds is 5. The highest BCUT2D eigenvalue weighted by Gasteiger charge is 2.34. The van der Waals surface area contributed by atoms with E-state index in [4.69, 9.17) is 5.11 Å². The van der Waals surface area contributed by atoms with Crippen molar-refractivity contribution in [2.24, 2.45) is 0 Å². The van der Waals surface area contributed by atoms with Crippen molar-refractivity contribution in [3.05, 3.63) is 0 Å². The van der Waals surface area contributed by atoms with Gasteiger partial charge in [-0.05, 0) is 27.7 Å². The first-order valence-electron chi connectivity index (χ1n) is 5.51. The van der Waals surface area contributed by atoms with Gasteiger partial charge in [0.2, 0.25) is 0 Å². The minimum absolute atomic E-state index is 0.176. The summed E-state index contributed by atoms with van der Waals surface area (Å²) in [6.45, 7) is 7.04. The zero-order chi connectivity index (χ0) is 14.5. The summed E-state index contributed by atoms with van der Waals surface area (Å²) >= 11 is 0. The van der Waals surface area contributed by atoms with Crippen molar-refractivity contribution < 1.29 is 29.0 Å². The molecular weight excluding hydrogens is 242 g/mol. The molecule has 0 aromatic rings. The predicted octanol–water partition coefficient (Wildman–Crippen LogP) is 0.868. The van der Waals surface area contributed by atoms with Gasteiger partial charge in [-0.3, -0.25) is 0 Å². The molecule has 0 saturated carbocycles. The van der Waals surface area contributed by atoms with E-state index in [0.717, 1.165) is 7.11 Å². The molecule has 0 radical (unpaired) electrons. The first kappa shape index (κ1) is 16.2. The van der Waals surface area contributed by atoms with Crippen molar-refractivity contribution in [2.75, 3.05) is 7.11 Å². The van der Waals surface area contributed by atoms with Crippen molar-refractivity contribution in [2.45, 2.75) is 45.9 Å². The van der Waals surface area contributed by atoms with Crippen LogP contribution in [0.2, 0.25) is 0 Å². The van der Waals surface area contributed by atoms with Crippen molar-refractivity contribution in [3.63, 3.8) is 0 Å². The van der Waals surface area contributed by atoms with E-state index in [9.17, 15) is 14.4 Å². The number of ether oxygens (including phenoxy) is 2. The molecule has 0 aromatic carbocycles. The largest absolute Gasteiger partial charge is 0.478 e. The molecule has 0 aliphatic heterocycles. The second-order valence-corrected chi connectivity index (χ2v) is 4.22. The van der Waals surface area contributed by atoms with Crippen LogP contribution in [0.15, 0.2) is 0 Å². The highest BCUT2D eigenvalue weighted by Crippen LogP contribution is 2.09. The number of carboxylic acids is 1. The fourth-order valence-electron chi connectivity index (χ4n) is 1.49. The van der Waals surface area contributed by atoms with Gasteiger partial charge in [0.1, 0.15) is 0 Å². The molecule has 0 saturated heterocycles. The monoisotopic (exact) mass is 261 g/mol. The van der Waals surface area contributed by atoms with E-state index in [1.807, 2.05) is 0 Å². The molecule has 18 heavy (non-hydrogen) atoms. The zero-order valence-electron chi connectivity index (χ0n) is 11.2. The summed E-state index contributed by atoms with van der Waals surface area (Å²) in [6, 6.07) is -0.353. The molecule has 0 heterocycles. The zero-order valence-corrected chi connectivity index (χ0v) is 11.2. The maximum absolute atomic E-state index is 11.8. The van der Waals surface area contributed by atoms with E-state index in [1.165, 1.54) is 4.90 Å². The van der Waals surface area contributed by atoms with Gasteiger partial charge in [0, 0.05) is 12.1 Å². The van der Waals surface area contributed by atoms with Gasteiger partial charge in [0.15, 0.2) is 0 Å². The van der Waals surface area contributed by atoms with Crippen LogP contribution in [0.4, 0.5) is 4.79 Å². The smallest absolute Gasteiger partial charge is 0.411 e. The van der Waals surface area contributed by atoms with Crippen molar-refractivity contribution in [1.29, 1.82) is 0 Å². The molecule has 1 N–H and O–H groups in total. The average Bonchev–Trinajstić information content (AvgIpc) is 2.23. The minimum atomic E-state index is -1.94. The Morgan fingerprint density at radius 2 is 1.50 bits per heavy atom. The lowest BCUT2D eigenvalue weighted by Crippen LogP contribution is -2.46. The van der Waals surface area contributed by atoms with Gasteiger partial charge in [-0.15, -0.1) is 0 Å². The molecule has 0 rings (SSSR count). The molecular formula is C11H19NO6. The van der Waals surface area contributed by atoms with Crippen LogP contribution in [0.3, 0.4) is 0 Å². The molecule has 0 fully saturated rings. The Balaban J connectivity index is 4.88. The summed E-state index contributed by atoms with van der Waals surface area (Å²) in [7, 11) is 1.02. The Morgan fingerprint density at radius 1 is 1.06 bits per heavy atom. The van der Waals surface area contributed by atoms with Crippen LogP contribution in [0.25, 0.3) is 0 Å². The lowest BCUT2D eigenvalue weighted by Gasteiger charge is -2.30. The van der Waals surface area contributed by atoms with Crippen LogP contribution in [-0.4, -0.2) is 53.3 Å². The maximum atomic E-state index is 11.8. The number of esters is 1. The van der Waals surface area contributed by atoms with E-state index in [0.29, 0.717) is 0 Å². The maximum Gasteiger partial charge on any atom is 0.411 e. The second-order valence-electron chi connectivity index (χ2n) is 4.22. The summed E-state index contributed by atoms with van der Waals surface area (Å²) in [6.07, 6.45) is -2.81. The van der Waals surface area contributed by atoms with Gasteiger partial charge < -0.3 is 19.5 Å². The second kappa shape index (κ2) is 6.83. The Hall–Kier alpha value is -1.79.